The van der Waals surface area contributed by atoms with Crippen molar-refractivity contribution in [3.05, 3.63) is 41.2 Å². The van der Waals surface area contributed by atoms with Gasteiger partial charge in [0, 0.05) is 24.8 Å². The second kappa shape index (κ2) is 4.63. The largest absolute Gasteiger partial charge is 0.334 e. The molecule has 0 radical (unpaired) electrons. The normalized spacial score (nSPS) is 15.4. The average molecular weight is 299 g/mol. The van der Waals surface area contributed by atoms with Crippen molar-refractivity contribution in [3.8, 4) is 0 Å². The first kappa shape index (κ1) is 12.5. The monoisotopic (exact) mass is 299 g/mol. The van der Waals surface area contributed by atoms with Gasteiger partial charge in [-0.05, 0) is 25.1 Å². The van der Waals surface area contributed by atoms with E-state index in [2.05, 4.69) is 15.3 Å². The van der Waals surface area contributed by atoms with E-state index < -0.39 is 0 Å². The van der Waals surface area contributed by atoms with Gasteiger partial charge in [0.1, 0.15) is 0 Å². The minimum atomic E-state index is 0.0688. The Balaban J connectivity index is 1.52. The SMILES string of the molecule is Cc1nc2ccc(C(=O)N3CC(n4ccnn4)C3)cc2s1. The molecule has 1 fully saturated rings. The van der Waals surface area contributed by atoms with Crippen LogP contribution >= 0.6 is 11.3 Å². The highest BCUT2D eigenvalue weighted by molar-refractivity contribution is 7.18. The van der Waals surface area contributed by atoms with Crippen LogP contribution in [0.15, 0.2) is 30.6 Å². The number of hydrogen-bond donors (Lipinski definition) is 0. The standard InChI is InChI=1S/C14H13N5OS/c1-9-16-12-3-2-10(6-13(12)21-9)14(20)18-7-11(8-18)19-5-4-15-17-19/h2-6,11H,7-8H2,1H3. The molecular weight excluding hydrogens is 286 g/mol. The molecule has 0 unspecified atom stereocenters. The van der Waals surface area contributed by atoms with Crippen LogP contribution in [-0.4, -0.2) is 43.9 Å². The molecule has 4 rings (SSSR count). The van der Waals surface area contributed by atoms with Gasteiger partial charge < -0.3 is 4.90 Å². The molecule has 1 aliphatic heterocycles. The van der Waals surface area contributed by atoms with Crippen LogP contribution in [0.2, 0.25) is 0 Å². The number of thiazole rings is 1. The lowest BCUT2D eigenvalue weighted by Gasteiger charge is -2.38. The maximum absolute atomic E-state index is 12.5. The number of aryl methyl sites for hydroxylation is 1. The third-order valence-electron chi connectivity index (χ3n) is 3.71. The zero-order valence-corrected chi connectivity index (χ0v) is 12.2. The molecule has 106 valence electrons. The van der Waals surface area contributed by atoms with Crippen molar-refractivity contribution in [1.29, 1.82) is 0 Å². The van der Waals surface area contributed by atoms with E-state index in [4.69, 9.17) is 0 Å². The Morgan fingerprint density at radius 1 is 1.38 bits per heavy atom. The van der Waals surface area contributed by atoms with E-state index in [1.807, 2.05) is 36.2 Å². The first-order valence-corrected chi connectivity index (χ1v) is 7.54. The number of benzene rings is 1. The average Bonchev–Trinajstić information content (AvgIpc) is 3.04. The lowest BCUT2D eigenvalue weighted by atomic mass is 10.1. The molecule has 3 aromatic rings. The van der Waals surface area contributed by atoms with E-state index in [-0.39, 0.29) is 11.9 Å². The van der Waals surface area contributed by atoms with Gasteiger partial charge in [0.05, 0.1) is 27.5 Å². The molecule has 0 bridgehead atoms. The maximum atomic E-state index is 12.5. The highest BCUT2D eigenvalue weighted by atomic mass is 32.1. The summed E-state index contributed by atoms with van der Waals surface area (Å²) < 4.78 is 2.87. The molecule has 3 heterocycles. The summed E-state index contributed by atoms with van der Waals surface area (Å²) in [5, 5.41) is 8.78. The lowest BCUT2D eigenvalue weighted by Crippen LogP contribution is -2.50. The molecule has 7 heteroatoms. The van der Waals surface area contributed by atoms with Crippen molar-refractivity contribution in [2.45, 2.75) is 13.0 Å². The fourth-order valence-electron chi connectivity index (χ4n) is 2.56. The van der Waals surface area contributed by atoms with Crippen LogP contribution in [0.25, 0.3) is 10.2 Å². The molecule has 0 saturated carbocycles. The Morgan fingerprint density at radius 3 is 3.00 bits per heavy atom. The van der Waals surface area contributed by atoms with Crippen LogP contribution in [0.4, 0.5) is 0 Å². The Kier molecular flexibility index (Phi) is 2.75. The van der Waals surface area contributed by atoms with E-state index >= 15 is 0 Å². The Hall–Kier alpha value is -2.28. The molecule has 0 aliphatic carbocycles. The second-order valence-electron chi connectivity index (χ2n) is 5.16. The fourth-order valence-corrected chi connectivity index (χ4v) is 3.42. The van der Waals surface area contributed by atoms with Crippen molar-refractivity contribution >= 4 is 27.5 Å². The molecule has 0 atom stereocenters. The zero-order chi connectivity index (χ0) is 14.4. The molecule has 1 amide bonds. The van der Waals surface area contributed by atoms with E-state index in [1.54, 1.807) is 22.2 Å². The third kappa shape index (κ3) is 2.09. The van der Waals surface area contributed by atoms with Crippen LogP contribution in [0.1, 0.15) is 21.4 Å². The summed E-state index contributed by atoms with van der Waals surface area (Å²) in [6.07, 6.45) is 3.49. The van der Waals surface area contributed by atoms with Gasteiger partial charge in [-0.2, -0.15) is 0 Å². The van der Waals surface area contributed by atoms with E-state index in [0.29, 0.717) is 13.1 Å². The van der Waals surface area contributed by atoms with Gasteiger partial charge in [-0.15, -0.1) is 16.4 Å². The number of hydrogen-bond acceptors (Lipinski definition) is 5. The molecule has 1 aliphatic rings. The predicted octanol–water partition coefficient (Wildman–Crippen LogP) is 1.89. The van der Waals surface area contributed by atoms with E-state index in [0.717, 1.165) is 20.8 Å². The maximum Gasteiger partial charge on any atom is 0.254 e. The van der Waals surface area contributed by atoms with Crippen molar-refractivity contribution < 1.29 is 4.79 Å². The van der Waals surface area contributed by atoms with Gasteiger partial charge in [0.25, 0.3) is 5.91 Å². The van der Waals surface area contributed by atoms with Gasteiger partial charge in [-0.3, -0.25) is 4.79 Å². The predicted molar refractivity (Wildman–Crippen MR) is 79.3 cm³/mol. The summed E-state index contributed by atoms with van der Waals surface area (Å²) in [7, 11) is 0. The Labute approximate surface area is 125 Å². The van der Waals surface area contributed by atoms with Crippen molar-refractivity contribution in [2.75, 3.05) is 13.1 Å². The number of rotatable bonds is 2. The van der Waals surface area contributed by atoms with Gasteiger partial charge in [0.15, 0.2) is 0 Å². The highest BCUT2D eigenvalue weighted by Gasteiger charge is 2.33. The molecule has 1 saturated heterocycles. The molecule has 2 aromatic heterocycles. The number of amides is 1. The van der Waals surface area contributed by atoms with Crippen molar-refractivity contribution in [3.63, 3.8) is 0 Å². The van der Waals surface area contributed by atoms with Crippen LogP contribution in [0.3, 0.4) is 0 Å². The van der Waals surface area contributed by atoms with Crippen LogP contribution < -0.4 is 0 Å². The highest BCUT2D eigenvalue weighted by Crippen LogP contribution is 2.26. The summed E-state index contributed by atoms with van der Waals surface area (Å²) in [6.45, 7) is 3.34. The molecule has 21 heavy (non-hydrogen) atoms. The zero-order valence-electron chi connectivity index (χ0n) is 11.4. The minimum Gasteiger partial charge on any atom is -0.334 e. The van der Waals surface area contributed by atoms with Gasteiger partial charge >= 0.3 is 0 Å². The summed E-state index contributed by atoms with van der Waals surface area (Å²) >= 11 is 1.62. The summed E-state index contributed by atoms with van der Waals surface area (Å²) in [4.78, 5) is 18.7. The summed E-state index contributed by atoms with van der Waals surface area (Å²) in [5.41, 5.74) is 1.68. The first-order valence-electron chi connectivity index (χ1n) is 6.73. The second-order valence-corrected chi connectivity index (χ2v) is 6.40. The molecule has 6 nitrogen and oxygen atoms in total. The number of nitrogens with zero attached hydrogens (tertiary/aromatic N) is 5. The van der Waals surface area contributed by atoms with Gasteiger partial charge in [-0.1, -0.05) is 5.21 Å². The molecule has 0 spiro atoms. The van der Waals surface area contributed by atoms with Crippen LogP contribution in [-0.2, 0) is 0 Å². The Bertz CT molecular complexity index is 804. The topological polar surface area (TPSA) is 63.9 Å². The number of aromatic nitrogens is 4. The number of fused-ring (bicyclic) bond motifs is 1. The number of carbonyl (C=O) groups is 1. The van der Waals surface area contributed by atoms with Gasteiger partial charge in [0.2, 0.25) is 0 Å². The number of likely N-dealkylation sites (tertiary alicyclic amines) is 1. The van der Waals surface area contributed by atoms with E-state index in [1.165, 1.54) is 0 Å². The third-order valence-corrected chi connectivity index (χ3v) is 4.64. The lowest BCUT2D eigenvalue weighted by molar-refractivity contribution is 0.0498. The van der Waals surface area contributed by atoms with Gasteiger partial charge in [-0.25, -0.2) is 9.67 Å². The summed E-state index contributed by atoms with van der Waals surface area (Å²) in [6, 6.07) is 5.95. The minimum absolute atomic E-state index is 0.0688. The van der Waals surface area contributed by atoms with Crippen molar-refractivity contribution in [2.24, 2.45) is 0 Å². The van der Waals surface area contributed by atoms with Crippen LogP contribution in [0, 0.1) is 6.92 Å². The van der Waals surface area contributed by atoms with Crippen LogP contribution in [0.5, 0.6) is 0 Å². The fraction of sp³-hybridized carbons (Fsp3) is 0.286. The quantitative estimate of drug-likeness (QED) is 0.725. The smallest absolute Gasteiger partial charge is 0.254 e. The number of carbonyl (C=O) groups excluding carboxylic acids is 1. The Morgan fingerprint density at radius 2 is 2.24 bits per heavy atom. The molecule has 0 N–H and O–H groups in total. The summed E-state index contributed by atoms with van der Waals surface area (Å²) in [5.74, 6) is 0.0688. The van der Waals surface area contributed by atoms with E-state index in [9.17, 15) is 4.79 Å². The molecular formula is C14H13N5OS. The first-order chi connectivity index (χ1) is 10.2. The molecule has 1 aromatic carbocycles. The van der Waals surface area contributed by atoms with Crippen molar-refractivity contribution in [1.82, 2.24) is 24.9 Å².